The summed E-state index contributed by atoms with van der Waals surface area (Å²) in [6, 6.07) is 6.08. The summed E-state index contributed by atoms with van der Waals surface area (Å²) in [6.07, 6.45) is 4.41. The summed E-state index contributed by atoms with van der Waals surface area (Å²) >= 11 is 18.1. The van der Waals surface area contributed by atoms with Gasteiger partial charge in [0.1, 0.15) is 0 Å². The summed E-state index contributed by atoms with van der Waals surface area (Å²) in [5.74, 6) is 0. The van der Waals surface area contributed by atoms with Crippen molar-refractivity contribution >= 4 is 44.8 Å². The van der Waals surface area contributed by atoms with Crippen LogP contribution in [0.4, 0.5) is 0 Å². The van der Waals surface area contributed by atoms with Gasteiger partial charge in [0.05, 0.1) is 33.2 Å². The highest BCUT2D eigenvalue weighted by molar-refractivity contribution is 7.89. The van der Waals surface area contributed by atoms with Gasteiger partial charge in [-0.1, -0.05) is 40.9 Å². The van der Waals surface area contributed by atoms with Gasteiger partial charge < -0.3 is 5.32 Å². The molecule has 1 aromatic heterocycles. The topological polar surface area (TPSA) is 67.2 Å². The van der Waals surface area contributed by atoms with E-state index in [1.54, 1.807) is 0 Å². The highest BCUT2D eigenvalue weighted by Gasteiger charge is 2.20. The number of hydrogen-bond acceptors (Lipinski definition) is 5. The van der Waals surface area contributed by atoms with Crippen LogP contribution in [-0.2, 0) is 23.1 Å². The molecule has 0 amide bonds. The van der Waals surface area contributed by atoms with E-state index in [1.807, 2.05) is 18.2 Å². The third-order valence-corrected chi connectivity index (χ3v) is 6.52. The standard InChI is InChI=1S/C17H21Cl3N4O2S/c1-27(25,26)24-11-16(20)17(22-24)9-21-13-4-6-23(7-5-13)10-12-2-3-14(18)15(19)8-12/h2-3,8,11,13,21H,4-7,9-10H2,1H3. The fourth-order valence-corrected chi connectivity index (χ4v) is 4.21. The van der Waals surface area contributed by atoms with E-state index in [0.717, 1.165) is 48.4 Å². The molecule has 1 aromatic carbocycles. The molecule has 0 aliphatic carbocycles. The first-order valence-corrected chi connectivity index (χ1v) is 11.5. The minimum absolute atomic E-state index is 0.342. The van der Waals surface area contributed by atoms with E-state index in [-0.39, 0.29) is 0 Å². The molecule has 0 saturated carbocycles. The first-order chi connectivity index (χ1) is 12.7. The maximum atomic E-state index is 11.5. The molecule has 10 heteroatoms. The molecular weight excluding hydrogens is 431 g/mol. The highest BCUT2D eigenvalue weighted by atomic mass is 35.5. The molecular formula is C17H21Cl3N4O2S. The van der Waals surface area contributed by atoms with Crippen LogP contribution < -0.4 is 5.32 Å². The van der Waals surface area contributed by atoms with Gasteiger partial charge >= 0.3 is 0 Å². The van der Waals surface area contributed by atoms with Crippen LogP contribution in [0.25, 0.3) is 0 Å². The van der Waals surface area contributed by atoms with Gasteiger partial charge in [0.2, 0.25) is 0 Å². The number of likely N-dealkylation sites (tertiary alicyclic amines) is 1. The van der Waals surface area contributed by atoms with Crippen LogP contribution in [0.15, 0.2) is 24.4 Å². The van der Waals surface area contributed by atoms with Gasteiger partial charge in [-0.05, 0) is 43.6 Å². The van der Waals surface area contributed by atoms with Crippen LogP contribution in [-0.4, -0.2) is 47.9 Å². The second-order valence-electron chi connectivity index (χ2n) is 6.74. The van der Waals surface area contributed by atoms with E-state index in [9.17, 15) is 8.42 Å². The Kier molecular flexibility index (Phi) is 6.71. The number of nitrogens with one attached hydrogen (secondary N) is 1. The Bertz CT molecular complexity index is 909. The van der Waals surface area contributed by atoms with Crippen molar-refractivity contribution < 1.29 is 8.42 Å². The Morgan fingerprint density at radius 3 is 2.44 bits per heavy atom. The smallest absolute Gasteiger partial charge is 0.250 e. The molecule has 1 N–H and O–H groups in total. The van der Waals surface area contributed by atoms with Crippen LogP contribution in [0.2, 0.25) is 15.1 Å². The second-order valence-corrected chi connectivity index (χ2v) is 9.80. The summed E-state index contributed by atoms with van der Waals surface area (Å²) in [5, 5.41) is 8.98. The highest BCUT2D eigenvalue weighted by Crippen LogP contribution is 2.24. The summed E-state index contributed by atoms with van der Waals surface area (Å²) in [6.45, 7) is 3.21. The van der Waals surface area contributed by atoms with Crippen molar-refractivity contribution in [3.05, 3.63) is 50.7 Å². The molecule has 6 nitrogen and oxygen atoms in total. The SMILES string of the molecule is CS(=O)(=O)n1cc(Cl)c(CNC2CCN(Cc3ccc(Cl)c(Cl)c3)CC2)n1. The van der Waals surface area contributed by atoms with Crippen molar-refractivity contribution in [2.75, 3.05) is 19.3 Å². The Hall–Kier alpha value is -0.830. The number of nitrogens with zero attached hydrogens (tertiary/aromatic N) is 3. The molecule has 0 radical (unpaired) electrons. The zero-order valence-electron chi connectivity index (χ0n) is 14.8. The summed E-state index contributed by atoms with van der Waals surface area (Å²) in [7, 11) is -3.42. The molecule has 27 heavy (non-hydrogen) atoms. The number of piperidine rings is 1. The minimum Gasteiger partial charge on any atom is -0.308 e. The average molecular weight is 452 g/mol. The second kappa shape index (κ2) is 8.68. The fourth-order valence-electron chi connectivity index (χ4n) is 3.09. The largest absolute Gasteiger partial charge is 0.308 e. The quantitative estimate of drug-likeness (QED) is 0.729. The maximum Gasteiger partial charge on any atom is 0.250 e. The van der Waals surface area contributed by atoms with Crippen molar-refractivity contribution in [1.82, 2.24) is 19.4 Å². The molecule has 0 bridgehead atoms. The van der Waals surface area contributed by atoms with Gasteiger partial charge in [-0.2, -0.15) is 9.19 Å². The number of hydrogen-bond donors (Lipinski definition) is 1. The van der Waals surface area contributed by atoms with Gasteiger partial charge in [0.25, 0.3) is 10.0 Å². The van der Waals surface area contributed by atoms with Crippen LogP contribution in [0.5, 0.6) is 0 Å². The lowest BCUT2D eigenvalue weighted by Gasteiger charge is -2.32. The predicted octanol–water partition coefficient (Wildman–Crippen LogP) is 3.41. The van der Waals surface area contributed by atoms with Crippen molar-refractivity contribution in [2.45, 2.75) is 32.0 Å². The van der Waals surface area contributed by atoms with Gasteiger partial charge in [-0.25, -0.2) is 8.42 Å². The van der Waals surface area contributed by atoms with E-state index in [0.29, 0.717) is 33.3 Å². The Balaban J connectivity index is 1.48. The van der Waals surface area contributed by atoms with E-state index < -0.39 is 10.0 Å². The number of benzene rings is 1. The maximum absolute atomic E-state index is 11.5. The summed E-state index contributed by atoms with van der Waals surface area (Å²) in [5.41, 5.74) is 1.69. The van der Waals surface area contributed by atoms with Gasteiger partial charge in [-0.3, -0.25) is 4.90 Å². The molecule has 148 valence electrons. The fraction of sp³-hybridized carbons (Fsp3) is 0.471. The van der Waals surface area contributed by atoms with Crippen LogP contribution >= 0.6 is 34.8 Å². The molecule has 3 rings (SSSR count). The molecule has 0 unspecified atom stereocenters. The first-order valence-electron chi connectivity index (χ1n) is 8.56. The molecule has 2 heterocycles. The zero-order valence-corrected chi connectivity index (χ0v) is 17.9. The molecule has 2 aromatic rings. The van der Waals surface area contributed by atoms with Crippen LogP contribution in [0.1, 0.15) is 24.1 Å². The summed E-state index contributed by atoms with van der Waals surface area (Å²) < 4.78 is 24.0. The van der Waals surface area contributed by atoms with Crippen LogP contribution in [0.3, 0.4) is 0 Å². The monoisotopic (exact) mass is 450 g/mol. The number of rotatable bonds is 6. The van der Waals surface area contributed by atoms with Crippen molar-refractivity contribution in [1.29, 1.82) is 0 Å². The van der Waals surface area contributed by atoms with E-state index in [2.05, 4.69) is 15.3 Å². The third kappa shape index (κ3) is 5.59. The van der Waals surface area contributed by atoms with Gasteiger partial charge in [0.15, 0.2) is 0 Å². The Morgan fingerprint density at radius 2 is 1.85 bits per heavy atom. The normalized spacial score (nSPS) is 16.7. The Labute approximate surface area is 174 Å². The van der Waals surface area contributed by atoms with Crippen LogP contribution in [0, 0.1) is 0 Å². The van der Waals surface area contributed by atoms with Gasteiger partial charge in [-0.15, -0.1) is 0 Å². The van der Waals surface area contributed by atoms with E-state index >= 15 is 0 Å². The number of aromatic nitrogens is 2. The third-order valence-electron chi connectivity index (χ3n) is 4.59. The van der Waals surface area contributed by atoms with Crippen molar-refractivity contribution in [2.24, 2.45) is 0 Å². The van der Waals surface area contributed by atoms with E-state index in [1.165, 1.54) is 6.20 Å². The Morgan fingerprint density at radius 1 is 1.15 bits per heavy atom. The predicted molar refractivity (Wildman–Crippen MR) is 109 cm³/mol. The van der Waals surface area contributed by atoms with E-state index in [4.69, 9.17) is 34.8 Å². The summed E-state index contributed by atoms with van der Waals surface area (Å²) in [4.78, 5) is 2.38. The number of halogens is 3. The lowest BCUT2D eigenvalue weighted by Crippen LogP contribution is -2.41. The molecule has 0 atom stereocenters. The average Bonchev–Trinajstić information content (AvgIpc) is 2.99. The lowest BCUT2D eigenvalue weighted by molar-refractivity contribution is 0.190. The molecule has 1 aliphatic heterocycles. The minimum atomic E-state index is -3.42. The lowest BCUT2D eigenvalue weighted by atomic mass is 10.0. The van der Waals surface area contributed by atoms with Crippen molar-refractivity contribution in [3.8, 4) is 0 Å². The molecule has 0 spiro atoms. The molecule has 1 saturated heterocycles. The van der Waals surface area contributed by atoms with Gasteiger partial charge in [0, 0.05) is 19.1 Å². The molecule has 1 aliphatic rings. The molecule has 1 fully saturated rings. The first kappa shape index (κ1) is 20.9. The zero-order chi connectivity index (χ0) is 19.6. The van der Waals surface area contributed by atoms with Crippen molar-refractivity contribution in [3.63, 3.8) is 0 Å².